The van der Waals surface area contributed by atoms with E-state index in [1.807, 2.05) is 0 Å². The van der Waals surface area contributed by atoms with Crippen molar-refractivity contribution < 1.29 is 0 Å². The van der Waals surface area contributed by atoms with Crippen molar-refractivity contribution in [3.05, 3.63) is 157 Å². The number of anilines is 2. The fourth-order valence-electron chi connectivity index (χ4n) is 4.95. The molecule has 2 N–H and O–H groups in total. The van der Waals surface area contributed by atoms with Crippen molar-refractivity contribution in [2.75, 3.05) is 10.6 Å². The summed E-state index contributed by atoms with van der Waals surface area (Å²) in [6.07, 6.45) is 0. The zero-order valence-electron chi connectivity index (χ0n) is 20.0. The Morgan fingerprint density at radius 2 is 0.694 bits per heavy atom. The van der Waals surface area contributed by atoms with E-state index in [1.54, 1.807) is 0 Å². The fraction of sp³-hybridized carbons (Fsp3) is 0.0588. The molecule has 6 aromatic carbocycles. The SMILES string of the molecule is c1ccc(NC(c2ccc3ccccc3c2)C(Nc2ccccc2)c2ccc3ccccc3c2)cc1. The van der Waals surface area contributed by atoms with Crippen LogP contribution in [0.5, 0.6) is 0 Å². The van der Waals surface area contributed by atoms with Crippen LogP contribution in [-0.2, 0) is 0 Å². The number of benzene rings is 6. The van der Waals surface area contributed by atoms with Crippen LogP contribution < -0.4 is 10.6 Å². The molecule has 2 heteroatoms. The van der Waals surface area contributed by atoms with Gasteiger partial charge in [-0.1, -0.05) is 109 Å². The van der Waals surface area contributed by atoms with Gasteiger partial charge < -0.3 is 10.6 Å². The first-order chi connectivity index (χ1) is 17.8. The van der Waals surface area contributed by atoms with Gasteiger partial charge in [0, 0.05) is 11.4 Å². The van der Waals surface area contributed by atoms with E-state index in [2.05, 4.69) is 156 Å². The Morgan fingerprint density at radius 3 is 1.11 bits per heavy atom. The van der Waals surface area contributed by atoms with E-state index in [4.69, 9.17) is 0 Å². The maximum Gasteiger partial charge on any atom is 0.0757 e. The highest BCUT2D eigenvalue weighted by molar-refractivity contribution is 5.84. The lowest BCUT2D eigenvalue weighted by atomic mass is 9.90. The second kappa shape index (κ2) is 9.97. The minimum absolute atomic E-state index is 0.0154. The summed E-state index contributed by atoms with van der Waals surface area (Å²) >= 11 is 0. The molecule has 2 atom stereocenters. The van der Waals surface area contributed by atoms with Crippen LogP contribution in [-0.4, -0.2) is 0 Å². The number of para-hydroxylation sites is 2. The van der Waals surface area contributed by atoms with Crippen LogP contribution in [0, 0.1) is 0 Å². The highest BCUT2D eigenvalue weighted by atomic mass is 15.0. The van der Waals surface area contributed by atoms with Gasteiger partial charge in [-0.05, 0) is 69.1 Å². The monoisotopic (exact) mass is 464 g/mol. The molecule has 2 unspecified atom stereocenters. The van der Waals surface area contributed by atoms with E-state index in [0.717, 1.165) is 11.4 Å². The Balaban J connectivity index is 1.51. The third-order valence-electron chi connectivity index (χ3n) is 6.79. The molecule has 0 fully saturated rings. The number of nitrogens with one attached hydrogen (secondary N) is 2. The van der Waals surface area contributed by atoms with E-state index in [-0.39, 0.29) is 12.1 Å². The molecule has 2 nitrogen and oxygen atoms in total. The van der Waals surface area contributed by atoms with Gasteiger partial charge in [0.05, 0.1) is 12.1 Å². The van der Waals surface area contributed by atoms with Crippen molar-refractivity contribution in [2.24, 2.45) is 0 Å². The van der Waals surface area contributed by atoms with E-state index in [1.165, 1.54) is 32.7 Å². The molecular formula is C34H28N2. The molecule has 36 heavy (non-hydrogen) atoms. The highest BCUT2D eigenvalue weighted by Gasteiger charge is 2.26. The van der Waals surface area contributed by atoms with E-state index in [9.17, 15) is 0 Å². The number of rotatable bonds is 7. The van der Waals surface area contributed by atoms with Crippen molar-refractivity contribution in [3.63, 3.8) is 0 Å². The molecule has 0 bridgehead atoms. The van der Waals surface area contributed by atoms with Gasteiger partial charge in [0.15, 0.2) is 0 Å². The second-order valence-corrected chi connectivity index (χ2v) is 9.19. The van der Waals surface area contributed by atoms with Crippen LogP contribution in [0.1, 0.15) is 23.2 Å². The normalized spacial score (nSPS) is 12.8. The first-order valence-electron chi connectivity index (χ1n) is 12.4. The molecule has 0 aliphatic heterocycles. The van der Waals surface area contributed by atoms with Crippen LogP contribution in [0.2, 0.25) is 0 Å². The molecule has 6 aromatic rings. The molecule has 0 aliphatic carbocycles. The van der Waals surface area contributed by atoms with Crippen LogP contribution in [0.3, 0.4) is 0 Å². The van der Waals surface area contributed by atoms with Gasteiger partial charge in [0.1, 0.15) is 0 Å². The molecule has 0 saturated carbocycles. The van der Waals surface area contributed by atoms with Crippen LogP contribution in [0.25, 0.3) is 21.5 Å². The van der Waals surface area contributed by atoms with Gasteiger partial charge in [-0.3, -0.25) is 0 Å². The smallest absolute Gasteiger partial charge is 0.0757 e. The molecule has 0 amide bonds. The Bertz CT molecular complexity index is 1470. The first-order valence-corrected chi connectivity index (χ1v) is 12.4. The lowest BCUT2D eigenvalue weighted by molar-refractivity contribution is 0.651. The van der Waals surface area contributed by atoms with Crippen molar-refractivity contribution in [1.82, 2.24) is 0 Å². The van der Waals surface area contributed by atoms with Crippen molar-refractivity contribution in [3.8, 4) is 0 Å². The predicted molar refractivity (Wildman–Crippen MR) is 154 cm³/mol. The van der Waals surface area contributed by atoms with Crippen molar-refractivity contribution >= 4 is 32.9 Å². The topological polar surface area (TPSA) is 24.1 Å². The number of hydrogen-bond acceptors (Lipinski definition) is 2. The molecule has 174 valence electrons. The third-order valence-corrected chi connectivity index (χ3v) is 6.79. The summed E-state index contributed by atoms with van der Waals surface area (Å²) in [6, 6.07) is 51.6. The Hall–Kier alpha value is -4.56. The van der Waals surface area contributed by atoms with Crippen LogP contribution in [0.4, 0.5) is 11.4 Å². The van der Waals surface area contributed by atoms with E-state index in [0.29, 0.717) is 0 Å². The number of fused-ring (bicyclic) bond motifs is 2. The summed E-state index contributed by atoms with van der Waals surface area (Å²) in [5.41, 5.74) is 4.66. The molecule has 0 aliphatic rings. The average Bonchev–Trinajstić information content (AvgIpc) is 2.95. The number of hydrogen-bond donors (Lipinski definition) is 2. The summed E-state index contributed by atoms with van der Waals surface area (Å²) < 4.78 is 0. The van der Waals surface area contributed by atoms with Crippen molar-refractivity contribution in [2.45, 2.75) is 12.1 Å². The minimum atomic E-state index is -0.0154. The van der Waals surface area contributed by atoms with Gasteiger partial charge >= 0.3 is 0 Å². The summed E-state index contributed by atoms with van der Waals surface area (Å²) in [5.74, 6) is 0. The largest absolute Gasteiger partial charge is 0.376 e. The molecule has 0 heterocycles. The van der Waals surface area contributed by atoms with Gasteiger partial charge in [-0.25, -0.2) is 0 Å². The summed E-state index contributed by atoms with van der Waals surface area (Å²) in [4.78, 5) is 0. The lowest BCUT2D eigenvalue weighted by Gasteiger charge is -2.32. The lowest BCUT2D eigenvalue weighted by Crippen LogP contribution is -2.25. The third kappa shape index (κ3) is 4.67. The van der Waals surface area contributed by atoms with Crippen LogP contribution >= 0.6 is 0 Å². The zero-order chi connectivity index (χ0) is 24.2. The fourth-order valence-corrected chi connectivity index (χ4v) is 4.95. The van der Waals surface area contributed by atoms with Crippen molar-refractivity contribution in [1.29, 1.82) is 0 Å². The van der Waals surface area contributed by atoms with Gasteiger partial charge in [-0.15, -0.1) is 0 Å². The van der Waals surface area contributed by atoms with Gasteiger partial charge in [-0.2, -0.15) is 0 Å². The van der Waals surface area contributed by atoms with Gasteiger partial charge in [0.25, 0.3) is 0 Å². The Labute approximate surface area is 212 Å². The first kappa shape index (κ1) is 21.9. The standard InChI is InChI=1S/C34H28N2/c1-3-15-31(16-4-1)35-33(29-21-19-25-11-7-9-13-27(25)23-29)34(36-32-17-5-2-6-18-32)30-22-20-26-12-8-10-14-28(26)24-30/h1-24,33-36H. The highest BCUT2D eigenvalue weighted by Crippen LogP contribution is 2.37. The molecule has 0 aromatic heterocycles. The molecule has 0 saturated heterocycles. The second-order valence-electron chi connectivity index (χ2n) is 9.19. The molecule has 0 spiro atoms. The van der Waals surface area contributed by atoms with E-state index >= 15 is 0 Å². The quantitative estimate of drug-likeness (QED) is 0.246. The maximum absolute atomic E-state index is 3.86. The summed E-state index contributed by atoms with van der Waals surface area (Å²) in [7, 11) is 0. The van der Waals surface area contributed by atoms with Gasteiger partial charge in [0.2, 0.25) is 0 Å². The zero-order valence-corrected chi connectivity index (χ0v) is 20.0. The average molecular weight is 465 g/mol. The predicted octanol–water partition coefficient (Wildman–Crippen LogP) is 9.00. The van der Waals surface area contributed by atoms with Crippen LogP contribution in [0.15, 0.2) is 146 Å². The Morgan fingerprint density at radius 1 is 0.333 bits per heavy atom. The summed E-state index contributed by atoms with van der Waals surface area (Å²) in [5, 5.41) is 12.7. The molecule has 6 rings (SSSR count). The van der Waals surface area contributed by atoms with E-state index < -0.39 is 0 Å². The summed E-state index contributed by atoms with van der Waals surface area (Å²) in [6.45, 7) is 0. The molecular weight excluding hydrogens is 436 g/mol. The maximum atomic E-state index is 3.86. The minimum Gasteiger partial charge on any atom is -0.376 e. The molecule has 0 radical (unpaired) electrons. The Kier molecular flexibility index (Phi) is 6.08.